The Morgan fingerprint density at radius 1 is 1.20 bits per heavy atom. The van der Waals surface area contributed by atoms with Crippen molar-refractivity contribution >= 4 is 11.9 Å². The number of hydrogen-bond acceptors (Lipinski definition) is 3. The van der Waals surface area contributed by atoms with Crippen LogP contribution < -0.4 is 10.6 Å². The predicted molar refractivity (Wildman–Crippen MR) is 119 cm³/mol. The normalized spacial score (nSPS) is 20.4. The van der Waals surface area contributed by atoms with Gasteiger partial charge in [-0.1, -0.05) is 49.6 Å². The first kappa shape index (κ1) is 20.4. The zero-order valence-electron chi connectivity index (χ0n) is 17.7. The highest BCUT2D eigenvalue weighted by molar-refractivity contribution is 5.81. The fraction of sp³-hybridized carbons (Fsp3) is 0.522. The van der Waals surface area contributed by atoms with Crippen LogP contribution in [-0.2, 0) is 11.3 Å². The molecule has 2 aromatic rings. The largest absolute Gasteiger partial charge is 0.352 e. The van der Waals surface area contributed by atoms with Crippen molar-refractivity contribution in [3.05, 3.63) is 42.4 Å². The van der Waals surface area contributed by atoms with Crippen LogP contribution in [0.3, 0.4) is 0 Å². The number of nitrogens with zero attached hydrogens (tertiary/aromatic N) is 3. The summed E-state index contributed by atoms with van der Waals surface area (Å²) in [5.74, 6) is 2.20. The van der Waals surface area contributed by atoms with Crippen LogP contribution in [0.15, 0.2) is 41.5 Å². The molecule has 1 atom stereocenters. The molecule has 2 aliphatic rings. The molecule has 0 spiro atoms. The van der Waals surface area contributed by atoms with E-state index in [1.807, 2.05) is 29.3 Å². The van der Waals surface area contributed by atoms with Crippen molar-refractivity contribution in [2.75, 3.05) is 20.1 Å². The van der Waals surface area contributed by atoms with E-state index in [0.717, 1.165) is 55.4 Å². The minimum absolute atomic E-state index is 0.236. The number of carbonyl (C=O) groups is 1. The zero-order valence-corrected chi connectivity index (χ0v) is 17.7. The molecular weight excluding hydrogens is 376 g/mol. The first-order valence-electron chi connectivity index (χ1n) is 11.1. The van der Waals surface area contributed by atoms with E-state index in [9.17, 15) is 4.79 Å². The Bertz CT molecular complexity index is 856. The second-order valence-corrected chi connectivity index (χ2v) is 8.28. The van der Waals surface area contributed by atoms with Crippen LogP contribution >= 0.6 is 0 Å². The summed E-state index contributed by atoms with van der Waals surface area (Å²) in [6.45, 7) is 2.15. The van der Waals surface area contributed by atoms with E-state index in [-0.39, 0.29) is 12.0 Å². The third-order valence-electron chi connectivity index (χ3n) is 6.16. The number of H-pyrrole nitrogens is 1. The minimum Gasteiger partial charge on any atom is -0.352 e. The van der Waals surface area contributed by atoms with Gasteiger partial charge in [-0.3, -0.25) is 9.79 Å². The van der Waals surface area contributed by atoms with E-state index in [1.165, 1.54) is 19.3 Å². The van der Waals surface area contributed by atoms with Crippen LogP contribution in [0.4, 0.5) is 0 Å². The third-order valence-corrected chi connectivity index (χ3v) is 6.16. The number of aliphatic imine (C=N–C) groups is 1. The van der Waals surface area contributed by atoms with Crippen molar-refractivity contribution in [3.63, 3.8) is 0 Å². The first-order chi connectivity index (χ1) is 14.7. The fourth-order valence-electron chi connectivity index (χ4n) is 4.46. The summed E-state index contributed by atoms with van der Waals surface area (Å²) < 4.78 is 0. The lowest BCUT2D eigenvalue weighted by Crippen LogP contribution is -2.45. The highest BCUT2D eigenvalue weighted by atomic mass is 16.2. The molecule has 2 fully saturated rings. The summed E-state index contributed by atoms with van der Waals surface area (Å²) in [5.41, 5.74) is 2.12. The average Bonchev–Trinajstić information content (AvgIpc) is 3.47. The maximum absolute atomic E-state index is 12.8. The van der Waals surface area contributed by atoms with Crippen LogP contribution in [0.1, 0.15) is 44.3 Å². The molecule has 1 unspecified atom stereocenters. The number of rotatable bonds is 5. The number of guanidine groups is 1. The predicted octanol–water partition coefficient (Wildman–Crippen LogP) is 2.92. The summed E-state index contributed by atoms with van der Waals surface area (Å²) in [6.07, 6.45) is 8.60. The Hall–Kier alpha value is -2.83. The Balaban J connectivity index is 1.25. The summed E-state index contributed by atoms with van der Waals surface area (Å²) in [7, 11) is 1.77. The van der Waals surface area contributed by atoms with Gasteiger partial charge in [0.25, 0.3) is 0 Å². The molecule has 1 aliphatic carbocycles. The summed E-state index contributed by atoms with van der Waals surface area (Å²) >= 11 is 0. The molecule has 0 radical (unpaired) electrons. The van der Waals surface area contributed by atoms with Gasteiger partial charge in [0.2, 0.25) is 5.91 Å². The highest BCUT2D eigenvalue weighted by Gasteiger charge is 2.31. The van der Waals surface area contributed by atoms with Crippen LogP contribution in [0, 0.1) is 5.92 Å². The maximum atomic E-state index is 12.8. The summed E-state index contributed by atoms with van der Waals surface area (Å²) in [6, 6.07) is 10.4. The van der Waals surface area contributed by atoms with Gasteiger partial charge >= 0.3 is 0 Å². The van der Waals surface area contributed by atoms with Gasteiger partial charge in [-0.25, -0.2) is 4.98 Å². The number of benzene rings is 1. The van der Waals surface area contributed by atoms with Gasteiger partial charge in [-0.2, -0.15) is 0 Å². The standard InChI is InChI=1S/C23H32N6O/c1-24-23(26-15-21-25-14-20(28-21)17-8-4-2-5-9-17)27-19-12-13-29(16-19)22(30)18-10-6-3-7-11-18/h2,4-5,8-9,14,18-19H,3,6-7,10-13,15-16H2,1H3,(H,25,28)(H2,24,26,27). The molecule has 160 valence electrons. The van der Waals surface area contributed by atoms with E-state index in [0.29, 0.717) is 12.5 Å². The minimum atomic E-state index is 0.236. The van der Waals surface area contributed by atoms with Gasteiger partial charge in [-0.05, 0) is 24.8 Å². The summed E-state index contributed by atoms with van der Waals surface area (Å²) in [4.78, 5) is 27.0. The first-order valence-corrected chi connectivity index (χ1v) is 11.1. The number of carbonyl (C=O) groups excluding carboxylic acids is 1. The van der Waals surface area contributed by atoms with E-state index < -0.39 is 0 Å². The number of imidazole rings is 1. The summed E-state index contributed by atoms with van der Waals surface area (Å²) in [5, 5.41) is 6.79. The SMILES string of the molecule is CN=C(NCc1ncc(-c2ccccc2)[nH]1)NC1CCN(C(=O)C2CCCCC2)C1. The molecule has 1 saturated heterocycles. The fourth-order valence-corrected chi connectivity index (χ4v) is 4.46. The molecule has 1 saturated carbocycles. The molecule has 1 aliphatic heterocycles. The van der Waals surface area contributed by atoms with Crippen LogP contribution in [0.25, 0.3) is 11.3 Å². The smallest absolute Gasteiger partial charge is 0.225 e. The van der Waals surface area contributed by atoms with E-state index in [4.69, 9.17) is 0 Å². The van der Waals surface area contributed by atoms with Crippen LogP contribution in [0.5, 0.6) is 0 Å². The lowest BCUT2D eigenvalue weighted by Gasteiger charge is -2.26. The number of likely N-dealkylation sites (tertiary alicyclic amines) is 1. The van der Waals surface area contributed by atoms with Crippen molar-refractivity contribution < 1.29 is 4.79 Å². The molecule has 2 heterocycles. The van der Waals surface area contributed by atoms with Gasteiger partial charge in [0, 0.05) is 32.1 Å². The molecule has 1 aromatic carbocycles. The topological polar surface area (TPSA) is 85.4 Å². The van der Waals surface area contributed by atoms with Gasteiger partial charge in [0.15, 0.2) is 5.96 Å². The second kappa shape index (κ2) is 9.78. The highest BCUT2D eigenvalue weighted by Crippen LogP contribution is 2.26. The molecule has 3 N–H and O–H groups in total. The molecule has 7 heteroatoms. The third kappa shape index (κ3) is 5.01. The molecule has 1 aromatic heterocycles. The van der Waals surface area contributed by atoms with E-state index in [1.54, 1.807) is 7.05 Å². The Kier molecular flexibility index (Phi) is 6.67. The Morgan fingerprint density at radius 3 is 2.77 bits per heavy atom. The lowest BCUT2D eigenvalue weighted by atomic mass is 9.88. The monoisotopic (exact) mass is 408 g/mol. The quantitative estimate of drug-likeness (QED) is 0.525. The zero-order chi connectivity index (χ0) is 20.8. The molecule has 7 nitrogen and oxygen atoms in total. The van der Waals surface area contributed by atoms with E-state index in [2.05, 4.69) is 37.7 Å². The van der Waals surface area contributed by atoms with Crippen LogP contribution in [0.2, 0.25) is 0 Å². The van der Waals surface area contributed by atoms with Crippen molar-refractivity contribution in [2.45, 2.75) is 51.1 Å². The number of aromatic nitrogens is 2. The van der Waals surface area contributed by atoms with Crippen molar-refractivity contribution in [1.29, 1.82) is 0 Å². The number of hydrogen-bond donors (Lipinski definition) is 3. The number of amides is 1. The van der Waals surface area contributed by atoms with E-state index >= 15 is 0 Å². The molecule has 4 rings (SSSR count). The second-order valence-electron chi connectivity index (χ2n) is 8.28. The van der Waals surface area contributed by atoms with Crippen molar-refractivity contribution in [3.8, 4) is 11.3 Å². The van der Waals surface area contributed by atoms with Crippen LogP contribution in [-0.4, -0.2) is 52.9 Å². The van der Waals surface area contributed by atoms with Gasteiger partial charge < -0.3 is 20.5 Å². The van der Waals surface area contributed by atoms with Gasteiger partial charge in [0.1, 0.15) is 5.82 Å². The van der Waals surface area contributed by atoms with Gasteiger partial charge in [0.05, 0.1) is 18.4 Å². The lowest BCUT2D eigenvalue weighted by molar-refractivity contribution is -0.135. The number of aromatic amines is 1. The maximum Gasteiger partial charge on any atom is 0.225 e. The van der Waals surface area contributed by atoms with Gasteiger partial charge in [-0.15, -0.1) is 0 Å². The Labute approximate surface area is 178 Å². The van der Waals surface area contributed by atoms with Crippen molar-refractivity contribution in [1.82, 2.24) is 25.5 Å². The molecular formula is C23H32N6O. The molecule has 30 heavy (non-hydrogen) atoms. The molecule has 0 bridgehead atoms. The number of nitrogens with one attached hydrogen (secondary N) is 3. The molecule has 1 amide bonds. The Morgan fingerprint density at radius 2 is 2.00 bits per heavy atom. The van der Waals surface area contributed by atoms with Crippen molar-refractivity contribution in [2.24, 2.45) is 10.9 Å². The average molecular weight is 409 g/mol.